The molecule has 2 fully saturated rings. The summed E-state index contributed by atoms with van der Waals surface area (Å²) in [5, 5.41) is 6.28. The first kappa shape index (κ1) is 23.8. The van der Waals surface area contributed by atoms with Crippen LogP contribution in [-0.2, 0) is 35.2 Å². The van der Waals surface area contributed by atoms with Gasteiger partial charge in [0.25, 0.3) is 0 Å². The number of amides is 2. The van der Waals surface area contributed by atoms with E-state index in [1.807, 2.05) is 0 Å². The Morgan fingerprint density at radius 2 is 1.09 bits per heavy atom. The normalized spacial score (nSPS) is 24.6. The number of carbonyl (C=O) groups is 1. The molecule has 2 saturated heterocycles. The first-order chi connectivity index (χ1) is 16.2. The van der Waals surface area contributed by atoms with Crippen molar-refractivity contribution in [3.8, 4) is 0 Å². The average Bonchev–Trinajstić information content (AvgIpc) is 3.28. The number of carbonyl (C=O) groups excluding carboxylic acids is 1. The maximum absolute atomic E-state index is 12.7. The third-order valence-electron chi connectivity index (χ3n) is 6.87. The Hall–Kier alpha value is -2.37. The van der Waals surface area contributed by atoms with Crippen LogP contribution in [0.5, 0.6) is 0 Å². The molecule has 2 heterocycles. The highest BCUT2D eigenvalue weighted by molar-refractivity contribution is 5.75. The molecule has 2 N–H and O–H groups in total. The summed E-state index contributed by atoms with van der Waals surface area (Å²) in [6, 6.07) is 17.1. The standard InChI is InChI=1S/C28H38N2O3/c1-3-5-7-20-9-13-22(14-10-20)17-24-26-27(33-19-32-26)25(30-28(31)29-24)18-23-15-11-21(12-16-23)8-6-4-2/h9-16,24-27H,3-8,17-19H2,1-2H3,(H2,29,30,31)/t24-,25-,26+,27+/m1/s1. The van der Waals surface area contributed by atoms with E-state index in [9.17, 15) is 4.79 Å². The van der Waals surface area contributed by atoms with Gasteiger partial charge in [0.15, 0.2) is 0 Å². The molecule has 5 nitrogen and oxygen atoms in total. The Morgan fingerprint density at radius 1 is 0.697 bits per heavy atom. The predicted molar refractivity (Wildman–Crippen MR) is 131 cm³/mol. The molecule has 0 aliphatic carbocycles. The SMILES string of the molecule is CCCCc1ccc(C[C@H]2NC(=O)N[C@H](Cc3ccc(CCCC)cc3)[C@@H]3OCO[C@H]32)cc1. The number of rotatable bonds is 10. The fourth-order valence-electron chi connectivity index (χ4n) is 4.91. The fraction of sp³-hybridized carbons (Fsp3) is 0.536. The van der Waals surface area contributed by atoms with E-state index in [1.165, 1.54) is 47.9 Å². The molecule has 0 spiro atoms. The van der Waals surface area contributed by atoms with Gasteiger partial charge in [0.05, 0.1) is 12.1 Å². The molecular weight excluding hydrogens is 412 g/mol. The number of hydrogen-bond donors (Lipinski definition) is 2. The lowest BCUT2D eigenvalue weighted by atomic mass is 9.91. The molecule has 0 saturated carbocycles. The van der Waals surface area contributed by atoms with Gasteiger partial charge in [-0.15, -0.1) is 0 Å². The average molecular weight is 451 g/mol. The van der Waals surface area contributed by atoms with Crippen molar-refractivity contribution >= 4 is 6.03 Å². The van der Waals surface area contributed by atoms with Gasteiger partial charge in [0.2, 0.25) is 0 Å². The predicted octanol–water partition coefficient (Wildman–Crippen LogP) is 4.95. The van der Waals surface area contributed by atoms with Gasteiger partial charge < -0.3 is 20.1 Å². The molecule has 2 aromatic rings. The van der Waals surface area contributed by atoms with Crippen LogP contribution in [-0.4, -0.2) is 37.1 Å². The van der Waals surface area contributed by atoms with Crippen molar-refractivity contribution in [2.45, 2.75) is 89.5 Å². The smallest absolute Gasteiger partial charge is 0.315 e. The summed E-state index contributed by atoms with van der Waals surface area (Å²) in [5.74, 6) is 0. The van der Waals surface area contributed by atoms with E-state index < -0.39 is 0 Å². The van der Waals surface area contributed by atoms with Gasteiger partial charge >= 0.3 is 6.03 Å². The summed E-state index contributed by atoms with van der Waals surface area (Å²) in [7, 11) is 0. The first-order valence-corrected chi connectivity index (χ1v) is 12.6. The summed E-state index contributed by atoms with van der Waals surface area (Å²) < 4.78 is 12.0. The topological polar surface area (TPSA) is 59.6 Å². The fourth-order valence-corrected chi connectivity index (χ4v) is 4.91. The number of fused-ring (bicyclic) bond motifs is 1. The van der Waals surface area contributed by atoms with Crippen LogP contribution in [0.4, 0.5) is 4.79 Å². The third kappa shape index (κ3) is 6.36. The lowest BCUT2D eigenvalue weighted by Gasteiger charge is -2.26. The lowest BCUT2D eigenvalue weighted by Crippen LogP contribution is -2.47. The summed E-state index contributed by atoms with van der Waals surface area (Å²) >= 11 is 0. The molecule has 0 aromatic heterocycles. The number of urea groups is 1. The Labute approximate surface area is 198 Å². The van der Waals surface area contributed by atoms with Crippen LogP contribution < -0.4 is 10.6 Å². The molecule has 2 amide bonds. The second-order valence-corrected chi connectivity index (χ2v) is 9.46. The van der Waals surface area contributed by atoms with Crippen molar-refractivity contribution in [2.75, 3.05) is 6.79 Å². The van der Waals surface area contributed by atoms with Crippen LogP contribution in [0.2, 0.25) is 0 Å². The van der Waals surface area contributed by atoms with Crippen LogP contribution >= 0.6 is 0 Å². The van der Waals surface area contributed by atoms with E-state index in [-0.39, 0.29) is 37.1 Å². The minimum atomic E-state index is -0.169. The lowest BCUT2D eigenvalue weighted by molar-refractivity contribution is 0.0275. The van der Waals surface area contributed by atoms with Crippen LogP contribution in [0.3, 0.4) is 0 Å². The minimum absolute atomic E-state index is 0.125. The number of aryl methyl sites for hydroxylation is 2. The van der Waals surface area contributed by atoms with Gasteiger partial charge in [-0.1, -0.05) is 75.2 Å². The zero-order chi connectivity index (χ0) is 23.0. The highest BCUT2D eigenvalue weighted by atomic mass is 16.7. The van der Waals surface area contributed by atoms with Crippen LogP contribution in [0.25, 0.3) is 0 Å². The summed E-state index contributed by atoms with van der Waals surface area (Å²) in [6.07, 6.45) is 8.17. The summed E-state index contributed by atoms with van der Waals surface area (Å²) in [6.45, 7) is 4.70. The maximum Gasteiger partial charge on any atom is 0.315 e. The van der Waals surface area contributed by atoms with Crippen molar-refractivity contribution in [1.82, 2.24) is 10.6 Å². The quantitative estimate of drug-likeness (QED) is 0.539. The molecular formula is C28H38N2O3. The Balaban J connectivity index is 1.42. The van der Waals surface area contributed by atoms with Crippen molar-refractivity contribution < 1.29 is 14.3 Å². The van der Waals surface area contributed by atoms with E-state index in [0.717, 1.165) is 25.7 Å². The molecule has 178 valence electrons. The number of unbranched alkanes of at least 4 members (excludes halogenated alkanes) is 2. The number of benzene rings is 2. The van der Waals surface area contributed by atoms with Crippen LogP contribution in [0.1, 0.15) is 61.8 Å². The van der Waals surface area contributed by atoms with E-state index in [4.69, 9.17) is 9.47 Å². The number of nitrogens with one attached hydrogen (secondary N) is 2. The van der Waals surface area contributed by atoms with Crippen molar-refractivity contribution in [3.05, 3.63) is 70.8 Å². The monoisotopic (exact) mass is 450 g/mol. The van der Waals surface area contributed by atoms with Gasteiger partial charge in [-0.2, -0.15) is 0 Å². The third-order valence-corrected chi connectivity index (χ3v) is 6.87. The van der Waals surface area contributed by atoms with Crippen molar-refractivity contribution in [1.29, 1.82) is 0 Å². The largest absolute Gasteiger partial charge is 0.347 e. The van der Waals surface area contributed by atoms with Crippen molar-refractivity contribution in [2.24, 2.45) is 0 Å². The van der Waals surface area contributed by atoms with E-state index in [1.54, 1.807) is 0 Å². The van der Waals surface area contributed by atoms with Gasteiger partial charge in [-0.3, -0.25) is 0 Å². The molecule has 0 radical (unpaired) electrons. The highest BCUT2D eigenvalue weighted by Gasteiger charge is 2.44. The summed E-state index contributed by atoms with van der Waals surface area (Å²) in [5.41, 5.74) is 5.14. The van der Waals surface area contributed by atoms with E-state index in [2.05, 4.69) is 73.0 Å². The minimum Gasteiger partial charge on any atom is -0.347 e. The second kappa shape index (κ2) is 11.7. The molecule has 0 unspecified atom stereocenters. The second-order valence-electron chi connectivity index (χ2n) is 9.46. The van der Waals surface area contributed by atoms with Gasteiger partial charge in [-0.05, 0) is 60.8 Å². The Kier molecular flexibility index (Phi) is 8.40. The molecule has 4 rings (SSSR count). The number of ether oxygens (including phenoxy) is 2. The van der Waals surface area contributed by atoms with Crippen LogP contribution in [0.15, 0.2) is 48.5 Å². The molecule has 5 heteroatoms. The van der Waals surface area contributed by atoms with Gasteiger partial charge in [0.1, 0.15) is 19.0 Å². The molecule has 33 heavy (non-hydrogen) atoms. The zero-order valence-electron chi connectivity index (χ0n) is 20.0. The molecule has 0 bridgehead atoms. The van der Waals surface area contributed by atoms with E-state index in [0.29, 0.717) is 0 Å². The maximum atomic E-state index is 12.7. The summed E-state index contributed by atoms with van der Waals surface area (Å²) in [4.78, 5) is 12.7. The molecule has 2 aromatic carbocycles. The van der Waals surface area contributed by atoms with Gasteiger partial charge in [0, 0.05) is 0 Å². The van der Waals surface area contributed by atoms with E-state index >= 15 is 0 Å². The molecule has 2 aliphatic rings. The Morgan fingerprint density at radius 3 is 1.48 bits per heavy atom. The highest BCUT2D eigenvalue weighted by Crippen LogP contribution is 2.26. The first-order valence-electron chi connectivity index (χ1n) is 12.6. The molecule has 4 atom stereocenters. The zero-order valence-corrected chi connectivity index (χ0v) is 20.0. The Bertz CT molecular complexity index is 810. The number of hydrogen-bond acceptors (Lipinski definition) is 3. The van der Waals surface area contributed by atoms with Crippen molar-refractivity contribution in [3.63, 3.8) is 0 Å². The van der Waals surface area contributed by atoms with Gasteiger partial charge in [-0.25, -0.2) is 4.79 Å². The van der Waals surface area contributed by atoms with Crippen LogP contribution in [0, 0.1) is 0 Å². The molecule has 2 aliphatic heterocycles.